The summed E-state index contributed by atoms with van der Waals surface area (Å²) in [6.45, 7) is 6.51. The SMILES string of the molecule is C=C1CC[C@@]2(O)[C@H]3Cc4ccc(C(N)=O)c5c4[C@@]2(CC[N+]3(C)CC2CC2)[C@H]1O5. The number of ether oxygens (including phenoxy) is 1. The Balaban J connectivity index is 1.60. The smallest absolute Gasteiger partial charge is 0.252 e. The number of carbonyl (C=O) groups is 1. The Morgan fingerprint density at radius 3 is 2.89 bits per heavy atom. The Hall–Kier alpha value is -1.85. The number of nitrogens with zero attached hydrogens (tertiary/aromatic N) is 1. The molecule has 5 aliphatic rings. The van der Waals surface area contributed by atoms with Crippen molar-refractivity contribution < 1.29 is 19.1 Å². The Morgan fingerprint density at radius 2 is 2.18 bits per heavy atom. The van der Waals surface area contributed by atoms with Crippen molar-refractivity contribution in [2.45, 2.75) is 61.7 Å². The summed E-state index contributed by atoms with van der Waals surface area (Å²) in [5.74, 6) is 0.966. The number of hydrogen-bond donors (Lipinski definition) is 2. The van der Waals surface area contributed by atoms with Gasteiger partial charge in [-0.3, -0.25) is 4.79 Å². The Morgan fingerprint density at radius 1 is 1.39 bits per heavy atom. The number of benzene rings is 1. The quantitative estimate of drug-likeness (QED) is 0.622. The van der Waals surface area contributed by atoms with E-state index in [9.17, 15) is 9.90 Å². The standard InChI is InChI=1S/C23H28N2O3/c1-13-7-8-23(27)17-11-15-5-6-16(21(24)26)19-18(15)22(23,20(13)28-19)9-10-25(17,2)12-14-3-4-14/h5-6,14,17,20,27H,1,3-4,7-12H2,2H3,(H-,24,26)/p+1/t17-,20+,22+,23-,25?/m1/s1. The first kappa shape index (κ1) is 17.0. The lowest BCUT2D eigenvalue weighted by atomic mass is 9.48. The highest BCUT2D eigenvalue weighted by atomic mass is 16.5. The van der Waals surface area contributed by atoms with Gasteiger partial charge in [0.25, 0.3) is 5.91 Å². The minimum absolute atomic E-state index is 0.166. The molecule has 1 aromatic rings. The molecule has 5 atom stereocenters. The third-order valence-electron chi connectivity index (χ3n) is 8.72. The number of hydrogen-bond acceptors (Lipinski definition) is 3. The number of piperidine rings is 1. The van der Waals surface area contributed by atoms with Gasteiger partial charge in [-0.2, -0.15) is 0 Å². The average molecular weight is 381 g/mol. The Bertz CT molecular complexity index is 938. The molecule has 5 nitrogen and oxygen atoms in total. The van der Waals surface area contributed by atoms with Crippen LogP contribution in [0.25, 0.3) is 0 Å². The highest BCUT2D eigenvalue weighted by molar-refractivity contribution is 5.97. The second-order valence-electron chi connectivity index (χ2n) is 10.2. The number of quaternary nitrogens is 1. The molecule has 2 aliphatic heterocycles. The molecule has 2 bridgehead atoms. The van der Waals surface area contributed by atoms with E-state index >= 15 is 0 Å². The molecule has 1 amide bonds. The number of rotatable bonds is 3. The van der Waals surface area contributed by atoms with Crippen LogP contribution in [0.1, 0.15) is 53.6 Å². The van der Waals surface area contributed by atoms with Crippen LogP contribution in [0.3, 0.4) is 0 Å². The monoisotopic (exact) mass is 381 g/mol. The largest absolute Gasteiger partial charge is 0.484 e. The fraction of sp³-hybridized carbons (Fsp3) is 0.609. The lowest BCUT2D eigenvalue weighted by molar-refractivity contribution is -0.950. The molecular weight excluding hydrogens is 352 g/mol. The first-order valence-corrected chi connectivity index (χ1v) is 10.7. The molecule has 6 rings (SSSR count). The third kappa shape index (κ3) is 1.79. The molecule has 0 radical (unpaired) electrons. The summed E-state index contributed by atoms with van der Waals surface area (Å²) >= 11 is 0. The highest BCUT2D eigenvalue weighted by Gasteiger charge is 2.75. The zero-order chi connectivity index (χ0) is 19.5. The molecule has 1 spiro atoms. The maximum atomic E-state index is 12.4. The second-order valence-corrected chi connectivity index (χ2v) is 10.2. The number of aliphatic hydroxyl groups is 1. The van der Waals surface area contributed by atoms with E-state index in [-0.39, 0.29) is 12.1 Å². The number of amides is 1. The van der Waals surface area contributed by atoms with E-state index in [2.05, 4.69) is 19.7 Å². The Kier molecular flexibility index (Phi) is 3.05. The predicted octanol–water partition coefficient (Wildman–Crippen LogP) is 2.05. The Labute approximate surface area is 165 Å². The third-order valence-corrected chi connectivity index (χ3v) is 8.72. The molecule has 3 fully saturated rings. The number of nitrogens with two attached hydrogens (primary N) is 1. The van der Waals surface area contributed by atoms with Crippen molar-refractivity contribution in [3.8, 4) is 5.75 Å². The van der Waals surface area contributed by atoms with Gasteiger partial charge >= 0.3 is 0 Å². The molecular formula is C23H29N2O3+. The normalized spacial score (nSPS) is 42.7. The van der Waals surface area contributed by atoms with Crippen molar-refractivity contribution in [1.82, 2.24) is 0 Å². The van der Waals surface area contributed by atoms with Crippen molar-refractivity contribution in [3.05, 3.63) is 41.0 Å². The van der Waals surface area contributed by atoms with Crippen LogP contribution in [0.2, 0.25) is 0 Å². The van der Waals surface area contributed by atoms with Crippen LogP contribution >= 0.6 is 0 Å². The van der Waals surface area contributed by atoms with E-state index < -0.39 is 16.9 Å². The van der Waals surface area contributed by atoms with Gasteiger partial charge in [-0.1, -0.05) is 12.6 Å². The first-order valence-electron chi connectivity index (χ1n) is 10.7. The molecule has 0 aromatic heterocycles. The van der Waals surface area contributed by atoms with Crippen LogP contribution in [-0.4, -0.2) is 53.4 Å². The van der Waals surface area contributed by atoms with Gasteiger partial charge in [0.15, 0.2) is 0 Å². The van der Waals surface area contributed by atoms with E-state index in [4.69, 9.17) is 10.5 Å². The van der Waals surface area contributed by atoms with Crippen LogP contribution in [-0.2, 0) is 11.8 Å². The topological polar surface area (TPSA) is 72.5 Å². The zero-order valence-electron chi connectivity index (χ0n) is 16.5. The molecule has 3 aliphatic carbocycles. The van der Waals surface area contributed by atoms with Gasteiger partial charge in [0.1, 0.15) is 23.5 Å². The maximum absolute atomic E-state index is 12.4. The van der Waals surface area contributed by atoms with E-state index in [1.54, 1.807) is 0 Å². The molecule has 3 N–H and O–H groups in total. The van der Waals surface area contributed by atoms with Crippen LogP contribution in [0.5, 0.6) is 5.75 Å². The number of primary amides is 1. The van der Waals surface area contributed by atoms with Crippen molar-refractivity contribution in [2.24, 2.45) is 11.7 Å². The van der Waals surface area contributed by atoms with Gasteiger partial charge < -0.3 is 20.1 Å². The maximum Gasteiger partial charge on any atom is 0.252 e. The van der Waals surface area contributed by atoms with E-state index in [1.165, 1.54) is 18.4 Å². The molecule has 1 unspecified atom stereocenters. The molecule has 1 saturated heterocycles. The van der Waals surface area contributed by atoms with Gasteiger partial charge in [0.05, 0.1) is 31.1 Å². The van der Waals surface area contributed by atoms with E-state index in [1.807, 2.05) is 6.07 Å². The minimum atomic E-state index is -0.824. The summed E-state index contributed by atoms with van der Waals surface area (Å²) in [7, 11) is 2.35. The predicted molar refractivity (Wildman–Crippen MR) is 105 cm³/mol. The summed E-state index contributed by atoms with van der Waals surface area (Å²) in [6, 6.07) is 4.04. The molecule has 28 heavy (non-hydrogen) atoms. The summed E-state index contributed by atoms with van der Waals surface area (Å²) < 4.78 is 7.40. The average Bonchev–Trinajstić information content (AvgIpc) is 3.37. The summed E-state index contributed by atoms with van der Waals surface area (Å²) in [6.07, 6.45) is 5.62. The lowest BCUT2D eigenvalue weighted by Crippen LogP contribution is -2.80. The number of likely N-dealkylation sites (tertiary alicyclic amines) is 1. The van der Waals surface area contributed by atoms with Crippen molar-refractivity contribution in [1.29, 1.82) is 0 Å². The molecule has 5 heteroatoms. The molecule has 148 valence electrons. The lowest BCUT2D eigenvalue weighted by Gasteiger charge is -2.65. The van der Waals surface area contributed by atoms with Crippen molar-refractivity contribution >= 4 is 5.91 Å². The van der Waals surface area contributed by atoms with Gasteiger partial charge in [0, 0.05) is 24.3 Å². The molecule has 2 saturated carbocycles. The molecule has 2 heterocycles. The van der Waals surface area contributed by atoms with Gasteiger partial charge in [0.2, 0.25) is 0 Å². The van der Waals surface area contributed by atoms with Gasteiger partial charge in [-0.05, 0) is 42.9 Å². The summed E-state index contributed by atoms with van der Waals surface area (Å²) in [4.78, 5) is 12.1. The summed E-state index contributed by atoms with van der Waals surface area (Å²) in [5, 5.41) is 12.4. The number of carbonyl (C=O) groups excluding carboxylic acids is 1. The summed E-state index contributed by atoms with van der Waals surface area (Å²) in [5.41, 5.74) is 8.14. The van der Waals surface area contributed by atoms with Crippen LogP contribution in [0.4, 0.5) is 0 Å². The highest BCUT2D eigenvalue weighted by Crippen LogP contribution is 2.66. The van der Waals surface area contributed by atoms with Crippen LogP contribution in [0, 0.1) is 5.92 Å². The second kappa shape index (κ2) is 5.00. The van der Waals surface area contributed by atoms with E-state index in [0.29, 0.717) is 11.3 Å². The first-order chi connectivity index (χ1) is 13.3. The number of likely N-dealkylation sites (N-methyl/N-ethyl adjacent to an activating group) is 1. The molecule has 1 aromatic carbocycles. The fourth-order valence-electron chi connectivity index (χ4n) is 7.28. The van der Waals surface area contributed by atoms with E-state index in [0.717, 1.165) is 60.3 Å². The minimum Gasteiger partial charge on any atom is -0.484 e. The zero-order valence-corrected chi connectivity index (χ0v) is 16.5. The van der Waals surface area contributed by atoms with Crippen LogP contribution in [0.15, 0.2) is 24.3 Å². The van der Waals surface area contributed by atoms with Crippen molar-refractivity contribution in [3.63, 3.8) is 0 Å². The fourth-order valence-corrected chi connectivity index (χ4v) is 7.28. The van der Waals surface area contributed by atoms with Crippen molar-refractivity contribution in [2.75, 3.05) is 20.1 Å². The van der Waals surface area contributed by atoms with Gasteiger partial charge in [-0.25, -0.2) is 0 Å². The van der Waals surface area contributed by atoms with Crippen LogP contribution < -0.4 is 10.5 Å². The van der Waals surface area contributed by atoms with Gasteiger partial charge in [-0.15, -0.1) is 0 Å².